The van der Waals surface area contributed by atoms with Crippen LogP contribution in [0.2, 0.25) is 0 Å². The molecule has 3 aliphatic heterocycles. The molecular weight excluding hydrogens is 786 g/mol. The van der Waals surface area contributed by atoms with Gasteiger partial charge in [0.1, 0.15) is 40.7 Å². The molecule has 1 aromatic heterocycles. The number of ketones is 1. The van der Waals surface area contributed by atoms with Gasteiger partial charge in [0.2, 0.25) is 12.1 Å². The van der Waals surface area contributed by atoms with E-state index in [1.807, 2.05) is 0 Å². The number of nitrogens with zero attached hydrogens (tertiary/aromatic N) is 3. The Morgan fingerprint density at radius 3 is 1.93 bits per heavy atom. The molecule has 17 heteroatoms. The second kappa shape index (κ2) is 14.5. The number of ether oxygens (including phenoxy) is 3. The van der Waals surface area contributed by atoms with Crippen molar-refractivity contribution in [3.05, 3.63) is 83.4 Å². The zero-order valence-electron chi connectivity index (χ0n) is 33.0. The molecule has 3 atom stereocenters. The van der Waals surface area contributed by atoms with Gasteiger partial charge in [-0.05, 0) is 89.6 Å². The summed E-state index contributed by atoms with van der Waals surface area (Å²) in [6.45, 7) is 7.49. The monoisotopic (exact) mass is 828 g/mol. The first kappa shape index (κ1) is 41.4. The Balaban J connectivity index is 1.20. The van der Waals surface area contributed by atoms with Crippen molar-refractivity contribution < 1.29 is 59.7 Å². The number of carbonyl (C=O) groups is 4. The standard InChI is InChI=1S/C42H42F6N4O7/c1-39(2,3)58-37(55)50-20-41(45,46)18-31(50)33(53)12-22-7-10-29-23(11-22)15-30-28-9-8-27(17-34(28)57-36(52(29)30)24-13-25(43)16-26(44)14-24)49-35(54)32-19-42(47,48)21-51(32)38(56)59-40(4,5)6/h7-11,13-17,31-32,36H,12,18-21H2,1-6H3,(H,49,54)/t31-,32-,36?/m0/s1. The number of carbonyl (C=O) groups excluding carboxylic acids is 4. The third-order valence-electron chi connectivity index (χ3n) is 9.92. The number of nitrogens with one attached hydrogen (secondary N) is 1. The second-order valence-corrected chi connectivity index (χ2v) is 17.2. The van der Waals surface area contributed by atoms with Crippen LogP contribution in [0.3, 0.4) is 0 Å². The summed E-state index contributed by atoms with van der Waals surface area (Å²) in [7, 11) is 0. The highest BCUT2D eigenvalue weighted by Crippen LogP contribution is 2.46. The van der Waals surface area contributed by atoms with E-state index in [4.69, 9.17) is 14.2 Å². The highest BCUT2D eigenvalue weighted by atomic mass is 19.3. The number of anilines is 1. The molecule has 0 bridgehead atoms. The number of hydrogen-bond acceptors (Lipinski definition) is 7. The molecule has 1 N–H and O–H groups in total. The van der Waals surface area contributed by atoms with E-state index in [0.29, 0.717) is 38.7 Å². The second-order valence-electron chi connectivity index (χ2n) is 17.2. The first-order valence-corrected chi connectivity index (χ1v) is 18.8. The van der Waals surface area contributed by atoms with Crippen LogP contribution in [0.4, 0.5) is 41.6 Å². The molecule has 7 rings (SSSR count). The SMILES string of the molecule is CC(C)(C)OC(=O)N1CC(F)(F)C[C@H]1C(=O)Cc1ccc2c(c1)cc1n2C(c2cc(F)cc(F)c2)Oc2cc(NC(=O)[C@@H]3CC(F)(F)CN3C(=O)OC(C)(C)C)ccc2-1. The average molecular weight is 829 g/mol. The van der Waals surface area contributed by atoms with Gasteiger partial charge in [0.15, 0.2) is 5.78 Å². The van der Waals surface area contributed by atoms with E-state index >= 15 is 0 Å². The molecule has 4 heterocycles. The largest absolute Gasteiger partial charge is 0.465 e. The van der Waals surface area contributed by atoms with Crippen molar-refractivity contribution in [2.24, 2.45) is 0 Å². The van der Waals surface area contributed by atoms with Crippen LogP contribution < -0.4 is 10.1 Å². The van der Waals surface area contributed by atoms with E-state index in [1.165, 1.54) is 12.1 Å². The number of hydrogen-bond donors (Lipinski definition) is 1. The van der Waals surface area contributed by atoms with E-state index in [9.17, 15) is 45.5 Å². The lowest BCUT2D eigenvalue weighted by molar-refractivity contribution is -0.123. The number of aromatic nitrogens is 1. The lowest BCUT2D eigenvalue weighted by Crippen LogP contribution is -2.45. The minimum atomic E-state index is -3.35. The molecule has 1 unspecified atom stereocenters. The van der Waals surface area contributed by atoms with Crippen molar-refractivity contribution in [3.63, 3.8) is 0 Å². The minimum Gasteiger partial charge on any atom is -0.465 e. The zero-order chi connectivity index (χ0) is 43.0. The smallest absolute Gasteiger partial charge is 0.411 e. The number of alkyl halides is 4. The Morgan fingerprint density at radius 1 is 0.763 bits per heavy atom. The van der Waals surface area contributed by atoms with E-state index < -0.39 is 103 Å². The van der Waals surface area contributed by atoms with E-state index in [-0.39, 0.29) is 23.4 Å². The Hall–Kier alpha value is -5.74. The maximum absolute atomic E-state index is 14.6. The van der Waals surface area contributed by atoms with Crippen molar-refractivity contribution >= 4 is 40.5 Å². The zero-order valence-corrected chi connectivity index (χ0v) is 33.0. The van der Waals surface area contributed by atoms with E-state index in [1.54, 1.807) is 76.4 Å². The van der Waals surface area contributed by atoms with Crippen molar-refractivity contribution in [3.8, 4) is 17.0 Å². The third kappa shape index (κ3) is 8.83. The summed E-state index contributed by atoms with van der Waals surface area (Å²) in [6.07, 6.45) is -5.37. The molecule has 59 heavy (non-hydrogen) atoms. The molecule has 0 aliphatic carbocycles. The van der Waals surface area contributed by atoms with Crippen LogP contribution in [0.5, 0.6) is 5.75 Å². The maximum atomic E-state index is 14.6. The van der Waals surface area contributed by atoms with Crippen LogP contribution >= 0.6 is 0 Å². The van der Waals surface area contributed by atoms with Gasteiger partial charge in [-0.1, -0.05) is 6.07 Å². The molecule has 0 saturated carbocycles. The molecule has 3 aromatic carbocycles. The summed E-state index contributed by atoms with van der Waals surface area (Å²) in [4.78, 5) is 54.1. The van der Waals surface area contributed by atoms with Gasteiger partial charge >= 0.3 is 12.2 Å². The normalized spacial score (nSPS) is 20.8. The predicted molar refractivity (Wildman–Crippen MR) is 202 cm³/mol. The molecular formula is C42H42F6N4O7. The van der Waals surface area contributed by atoms with Crippen LogP contribution in [-0.4, -0.2) is 86.5 Å². The van der Waals surface area contributed by atoms with Gasteiger partial charge < -0.3 is 24.1 Å². The molecule has 3 amide bonds. The van der Waals surface area contributed by atoms with Crippen molar-refractivity contribution in [2.45, 2.75) is 102 Å². The van der Waals surface area contributed by atoms with Gasteiger partial charge in [-0.3, -0.25) is 19.4 Å². The fourth-order valence-corrected chi connectivity index (χ4v) is 7.60. The molecule has 0 spiro atoms. The number of fused-ring (bicyclic) bond motifs is 5. The quantitative estimate of drug-likeness (QED) is 0.193. The highest BCUT2D eigenvalue weighted by Gasteiger charge is 2.52. The number of amides is 3. The van der Waals surface area contributed by atoms with E-state index in [0.717, 1.165) is 17.0 Å². The van der Waals surface area contributed by atoms with Gasteiger partial charge in [-0.15, -0.1) is 0 Å². The molecule has 2 saturated heterocycles. The minimum absolute atomic E-state index is 0.0752. The number of halogens is 6. The van der Waals surface area contributed by atoms with Crippen molar-refractivity contribution in [1.29, 1.82) is 0 Å². The third-order valence-corrected chi connectivity index (χ3v) is 9.92. The van der Waals surface area contributed by atoms with Crippen molar-refractivity contribution in [1.82, 2.24) is 14.4 Å². The number of rotatable bonds is 6. The highest BCUT2D eigenvalue weighted by molar-refractivity contribution is 5.98. The lowest BCUT2D eigenvalue weighted by atomic mass is 10.0. The first-order valence-electron chi connectivity index (χ1n) is 18.8. The summed E-state index contributed by atoms with van der Waals surface area (Å²) in [5.41, 5.74) is 0.124. The molecule has 0 radical (unpaired) electrons. The Kier molecular flexibility index (Phi) is 10.2. The summed E-state index contributed by atoms with van der Waals surface area (Å²) >= 11 is 0. The Morgan fingerprint density at radius 2 is 1.34 bits per heavy atom. The molecule has 4 aromatic rings. The molecule has 3 aliphatic rings. The summed E-state index contributed by atoms with van der Waals surface area (Å²) in [5.74, 6) is -9.78. The fourth-order valence-electron chi connectivity index (χ4n) is 7.60. The van der Waals surface area contributed by atoms with Crippen LogP contribution in [0.1, 0.15) is 71.7 Å². The van der Waals surface area contributed by atoms with E-state index in [2.05, 4.69) is 5.32 Å². The Labute approximate surface area is 335 Å². The fraction of sp³-hybridized carbons (Fsp3) is 0.429. The van der Waals surface area contributed by atoms with Gasteiger partial charge in [0, 0.05) is 53.6 Å². The first-order chi connectivity index (χ1) is 27.3. The number of benzene rings is 3. The summed E-state index contributed by atoms with van der Waals surface area (Å²) in [6, 6.07) is 11.0. The molecule has 314 valence electrons. The van der Waals surface area contributed by atoms with Gasteiger partial charge in [0.05, 0.1) is 24.3 Å². The maximum Gasteiger partial charge on any atom is 0.411 e. The number of Topliss-reactive ketones (excluding diaryl/α,β-unsaturated/α-hetero) is 1. The van der Waals surface area contributed by atoms with Gasteiger partial charge in [0.25, 0.3) is 11.8 Å². The van der Waals surface area contributed by atoms with Crippen LogP contribution in [0.25, 0.3) is 22.2 Å². The van der Waals surface area contributed by atoms with Crippen LogP contribution in [-0.2, 0) is 25.5 Å². The number of likely N-dealkylation sites (tertiary alicyclic amines) is 2. The summed E-state index contributed by atoms with van der Waals surface area (Å²) < 4.78 is 106. The van der Waals surface area contributed by atoms with Gasteiger partial charge in [-0.2, -0.15) is 0 Å². The van der Waals surface area contributed by atoms with Crippen LogP contribution in [0, 0.1) is 11.6 Å². The van der Waals surface area contributed by atoms with Gasteiger partial charge in [-0.25, -0.2) is 35.9 Å². The molecule has 2 fully saturated rings. The Bertz CT molecular complexity index is 2350. The lowest BCUT2D eigenvalue weighted by Gasteiger charge is -2.31. The summed E-state index contributed by atoms with van der Waals surface area (Å²) in [5, 5.41) is 3.13. The topological polar surface area (TPSA) is 119 Å². The average Bonchev–Trinajstić information content (AvgIpc) is 3.75. The predicted octanol–water partition coefficient (Wildman–Crippen LogP) is 8.87. The molecule has 11 nitrogen and oxygen atoms in total. The van der Waals surface area contributed by atoms with Crippen molar-refractivity contribution in [2.75, 3.05) is 18.4 Å². The van der Waals surface area contributed by atoms with Crippen LogP contribution in [0.15, 0.2) is 60.7 Å².